The van der Waals surface area contributed by atoms with E-state index in [1.54, 1.807) is 11.3 Å². The summed E-state index contributed by atoms with van der Waals surface area (Å²) in [4.78, 5) is 8.81. The van der Waals surface area contributed by atoms with Gasteiger partial charge >= 0.3 is 0 Å². The van der Waals surface area contributed by atoms with E-state index < -0.39 is 0 Å². The van der Waals surface area contributed by atoms with Gasteiger partial charge in [-0.05, 0) is 69.5 Å². The summed E-state index contributed by atoms with van der Waals surface area (Å²) in [5.74, 6) is 0.603. The summed E-state index contributed by atoms with van der Waals surface area (Å²) in [6.45, 7) is 16.7. The highest BCUT2D eigenvalue weighted by atomic mass is 32.1. The molecule has 0 saturated heterocycles. The lowest BCUT2D eigenvalue weighted by atomic mass is 10.0. The summed E-state index contributed by atoms with van der Waals surface area (Å²) in [5, 5.41) is 23.7. The highest BCUT2D eigenvalue weighted by Gasteiger charge is 2.25. The van der Waals surface area contributed by atoms with Crippen molar-refractivity contribution in [1.82, 2.24) is 15.5 Å². The van der Waals surface area contributed by atoms with Crippen molar-refractivity contribution in [3.8, 4) is 33.0 Å². The van der Waals surface area contributed by atoms with Crippen LogP contribution < -0.4 is 10.1 Å². The minimum absolute atomic E-state index is 0.0206. The number of benzene rings is 2. The molecule has 7 heteroatoms. The molecule has 1 aliphatic rings. The Balaban J connectivity index is 0.000000767. The van der Waals surface area contributed by atoms with Gasteiger partial charge in [0.25, 0.3) is 0 Å². The molecule has 0 spiro atoms. The van der Waals surface area contributed by atoms with Crippen molar-refractivity contribution in [3.05, 3.63) is 53.1 Å². The molecule has 3 aromatic rings. The number of hydrogen-bond acceptors (Lipinski definition) is 7. The smallest absolute Gasteiger partial charge is 0.148 e. The van der Waals surface area contributed by atoms with Crippen LogP contribution in [0.3, 0.4) is 0 Å². The molecule has 6 nitrogen and oxygen atoms in total. The Morgan fingerprint density at radius 1 is 1.16 bits per heavy atom. The van der Waals surface area contributed by atoms with Gasteiger partial charge in [-0.15, -0.1) is 10.2 Å². The normalized spacial score (nSPS) is 13.0. The summed E-state index contributed by atoms with van der Waals surface area (Å²) in [6.07, 6.45) is 4.19. The molecular formula is C30H42N4O2S. The lowest BCUT2D eigenvalue weighted by Crippen LogP contribution is -2.18. The van der Waals surface area contributed by atoms with E-state index >= 15 is 0 Å². The average molecular weight is 523 g/mol. The highest BCUT2D eigenvalue weighted by molar-refractivity contribution is 7.17. The van der Waals surface area contributed by atoms with Crippen molar-refractivity contribution in [3.63, 3.8) is 0 Å². The summed E-state index contributed by atoms with van der Waals surface area (Å²) < 4.78 is 5.72. The molecule has 4 rings (SSSR count). The molecule has 1 N–H and O–H groups in total. The van der Waals surface area contributed by atoms with E-state index in [-0.39, 0.29) is 6.10 Å². The van der Waals surface area contributed by atoms with E-state index in [4.69, 9.17) is 9.53 Å². The second-order valence-electron chi connectivity index (χ2n) is 8.37. The largest absolute Gasteiger partial charge is 0.490 e. The number of ether oxygens (including phenoxy) is 1. The molecule has 1 aliphatic carbocycles. The van der Waals surface area contributed by atoms with E-state index in [1.165, 1.54) is 30.0 Å². The van der Waals surface area contributed by atoms with Crippen LogP contribution in [0, 0.1) is 11.3 Å². The fraction of sp³-hybridized carbons (Fsp3) is 0.467. The van der Waals surface area contributed by atoms with Gasteiger partial charge in [-0.25, -0.2) is 0 Å². The van der Waals surface area contributed by atoms with Crippen molar-refractivity contribution in [2.75, 3.05) is 6.54 Å². The summed E-state index contributed by atoms with van der Waals surface area (Å²) in [5.41, 5.74) is 5.33. The number of aldehydes is 1. The zero-order chi connectivity index (χ0) is 27.8. The quantitative estimate of drug-likeness (QED) is 0.333. The SMILES string of the molecule is CC.CC=O.CCC.CCNC1CCc2c(-c3nnc(-c4ccc(OC(C)C)c(C#N)c4)s3)cccc21. The maximum Gasteiger partial charge on any atom is 0.148 e. The standard InChI is InChI=1S/C23H24N4OS.C3H8.C2H4O.C2H6/c1-4-25-20-10-9-17-18(20)6-5-7-19(17)23-27-26-22(29-23)15-8-11-21(28-14(2)3)16(12-15)13-24;1-3-2;1-2-3;1-2/h5-8,11-12,14,20,25H,4,9-10H2,1-3H3;3H2,1-2H3;2H,1H3;1-2H3. The Bertz CT molecular complexity index is 1130. The van der Waals surface area contributed by atoms with Gasteiger partial charge in [0.15, 0.2) is 0 Å². The average Bonchev–Trinajstić information content (AvgIpc) is 3.54. The number of carbonyl (C=O) groups is 1. The first kappa shape index (κ1) is 31.9. The maximum atomic E-state index is 9.49. The number of aromatic nitrogens is 2. The second-order valence-corrected chi connectivity index (χ2v) is 9.34. The molecule has 2 aromatic carbocycles. The van der Waals surface area contributed by atoms with Crippen molar-refractivity contribution in [2.45, 2.75) is 86.8 Å². The zero-order valence-electron chi connectivity index (χ0n) is 23.6. The predicted octanol–water partition coefficient (Wildman–Crippen LogP) is 7.78. The molecule has 0 bridgehead atoms. The van der Waals surface area contributed by atoms with Gasteiger partial charge in [0, 0.05) is 17.2 Å². The molecule has 1 atom stereocenters. The van der Waals surface area contributed by atoms with Crippen LogP contribution in [-0.2, 0) is 11.2 Å². The third kappa shape index (κ3) is 9.07. The van der Waals surface area contributed by atoms with Crippen molar-refractivity contribution < 1.29 is 9.53 Å². The number of nitrogens with zero attached hydrogens (tertiary/aromatic N) is 3. The lowest BCUT2D eigenvalue weighted by molar-refractivity contribution is -0.106. The van der Waals surface area contributed by atoms with Crippen LogP contribution in [0.25, 0.3) is 21.1 Å². The van der Waals surface area contributed by atoms with Gasteiger partial charge in [0.2, 0.25) is 0 Å². The maximum absolute atomic E-state index is 9.49. The number of nitriles is 1. The Morgan fingerprint density at radius 3 is 2.41 bits per heavy atom. The van der Waals surface area contributed by atoms with E-state index in [1.807, 2.05) is 45.9 Å². The minimum Gasteiger partial charge on any atom is -0.490 e. The third-order valence-corrected chi connectivity index (χ3v) is 6.09. The lowest BCUT2D eigenvalue weighted by Gasteiger charge is -2.12. The Kier molecular flexibility index (Phi) is 15.0. The van der Waals surface area contributed by atoms with E-state index in [0.717, 1.165) is 41.3 Å². The fourth-order valence-electron chi connectivity index (χ4n) is 3.87. The Morgan fingerprint density at radius 2 is 1.81 bits per heavy atom. The van der Waals surface area contributed by atoms with E-state index in [0.29, 0.717) is 17.4 Å². The van der Waals surface area contributed by atoms with Gasteiger partial charge in [0.1, 0.15) is 28.1 Å². The van der Waals surface area contributed by atoms with Gasteiger partial charge in [-0.2, -0.15) is 5.26 Å². The van der Waals surface area contributed by atoms with Gasteiger partial charge in [-0.1, -0.05) is 70.6 Å². The summed E-state index contributed by atoms with van der Waals surface area (Å²) in [7, 11) is 0. The first-order valence-corrected chi connectivity index (χ1v) is 14.0. The molecule has 0 aliphatic heterocycles. The number of hydrogen-bond donors (Lipinski definition) is 1. The van der Waals surface area contributed by atoms with Crippen LogP contribution >= 0.6 is 11.3 Å². The molecule has 1 heterocycles. The van der Waals surface area contributed by atoms with Crippen LogP contribution in [-0.4, -0.2) is 29.1 Å². The van der Waals surface area contributed by atoms with Crippen molar-refractivity contribution in [2.24, 2.45) is 0 Å². The van der Waals surface area contributed by atoms with E-state index in [9.17, 15) is 5.26 Å². The number of carbonyl (C=O) groups excluding carboxylic acids is 1. The monoisotopic (exact) mass is 522 g/mol. The topological polar surface area (TPSA) is 87.9 Å². The van der Waals surface area contributed by atoms with Gasteiger partial charge < -0.3 is 14.8 Å². The molecule has 0 amide bonds. The zero-order valence-corrected chi connectivity index (χ0v) is 24.4. The molecule has 0 saturated carbocycles. The summed E-state index contributed by atoms with van der Waals surface area (Å²) in [6, 6.07) is 14.7. The molecule has 37 heavy (non-hydrogen) atoms. The summed E-state index contributed by atoms with van der Waals surface area (Å²) >= 11 is 1.57. The van der Waals surface area contributed by atoms with E-state index in [2.05, 4.69) is 60.6 Å². The third-order valence-electron chi connectivity index (χ3n) is 5.09. The number of fused-ring (bicyclic) bond motifs is 1. The van der Waals surface area contributed by atoms with Crippen molar-refractivity contribution >= 4 is 17.6 Å². The molecule has 0 fully saturated rings. The van der Waals surface area contributed by atoms with Gasteiger partial charge in [-0.3, -0.25) is 0 Å². The Labute approximate surface area is 227 Å². The predicted molar refractivity (Wildman–Crippen MR) is 155 cm³/mol. The van der Waals surface area contributed by atoms with Crippen LogP contribution in [0.15, 0.2) is 36.4 Å². The second kappa shape index (κ2) is 17.4. The van der Waals surface area contributed by atoms with Crippen molar-refractivity contribution in [1.29, 1.82) is 5.26 Å². The van der Waals surface area contributed by atoms with Crippen LogP contribution in [0.2, 0.25) is 0 Å². The van der Waals surface area contributed by atoms with Gasteiger partial charge in [0.05, 0.1) is 11.7 Å². The number of nitrogens with one attached hydrogen (secondary N) is 1. The molecule has 1 unspecified atom stereocenters. The first-order valence-electron chi connectivity index (χ1n) is 13.2. The fourth-order valence-corrected chi connectivity index (χ4v) is 4.76. The van der Waals surface area contributed by atoms with Crippen LogP contribution in [0.1, 0.15) is 91.0 Å². The Hall–Kier alpha value is -3.08. The highest BCUT2D eigenvalue weighted by Crippen LogP contribution is 2.40. The van der Waals surface area contributed by atoms with Crippen LogP contribution in [0.5, 0.6) is 5.75 Å². The first-order chi connectivity index (χ1) is 17.9. The molecule has 1 aromatic heterocycles. The minimum atomic E-state index is 0.0206. The molecule has 200 valence electrons. The molecule has 0 radical (unpaired) electrons. The van der Waals surface area contributed by atoms with Crippen LogP contribution in [0.4, 0.5) is 0 Å². The number of rotatable bonds is 6. The molecular weight excluding hydrogens is 480 g/mol.